The van der Waals surface area contributed by atoms with Crippen LogP contribution in [0.4, 0.5) is 0 Å². The largest absolute Gasteiger partial charge is 0.245 e. The van der Waals surface area contributed by atoms with Gasteiger partial charge in [-0.3, -0.25) is 0 Å². The smallest absolute Gasteiger partial charge is 0.238 e. The summed E-state index contributed by atoms with van der Waals surface area (Å²) in [6.45, 7) is 1.90. The van der Waals surface area contributed by atoms with Gasteiger partial charge in [0.25, 0.3) is 0 Å². The van der Waals surface area contributed by atoms with Gasteiger partial charge < -0.3 is 0 Å². The summed E-state index contributed by atoms with van der Waals surface area (Å²) in [5.74, 6) is 0.574. The quantitative estimate of drug-likeness (QED) is 0.727. The van der Waals surface area contributed by atoms with Gasteiger partial charge in [0.1, 0.15) is 5.01 Å². The summed E-state index contributed by atoms with van der Waals surface area (Å²) < 4.78 is 22.5. The standard InChI is InChI=1S/C12H12N6O2S2/c1-7-12(8-2-4-9(5-3-8)22(13,19)20)21-11(14-7)6-10-15-17-18-16-10/h2-5H,6H2,1H3,(H2,13,19,20)(H,15,16,17,18). The molecule has 0 saturated carbocycles. The van der Waals surface area contributed by atoms with Crippen molar-refractivity contribution in [1.82, 2.24) is 25.6 Å². The van der Waals surface area contributed by atoms with Crippen LogP contribution in [0.25, 0.3) is 10.4 Å². The first kappa shape index (κ1) is 14.8. The van der Waals surface area contributed by atoms with Crippen molar-refractivity contribution in [2.45, 2.75) is 18.2 Å². The number of rotatable bonds is 4. The minimum Gasteiger partial charge on any atom is -0.245 e. The lowest BCUT2D eigenvalue weighted by Gasteiger charge is -2.01. The number of aromatic nitrogens is 5. The molecule has 0 fully saturated rings. The van der Waals surface area contributed by atoms with E-state index in [2.05, 4.69) is 25.6 Å². The predicted octanol–water partition coefficient (Wildman–Crippen LogP) is 0.870. The summed E-state index contributed by atoms with van der Waals surface area (Å²) in [6, 6.07) is 6.42. The third-order valence-corrected chi connectivity index (χ3v) is 5.12. The molecule has 1 aromatic carbocycles. The van der Waals surface area contributed by atoms with Crippen molar-refractivity contribution in [2.75, 3.05) is 0 Å². The van der Waals surface area contributed by atoms with Crippen molar-refractivity contribution in [1.29, 1.82) is 0 Å². The Morgan fingerprint density at radius 2 is 2.00 bits per heavy atom. The van der Waals surface area contributed by atoms with Crippen LogP contribution >= 0.6 is 11.3 Å². The summed E-state index contributed by atoms with van der Waals surface area (Å²) in [5, 5.41) is 19.7. The summed E-state index contributed by atoms with van der Waals surface area (Å²) in [7, 11) is -3.68. The molecule has 114 valence electrons. The number of nitrogens with two attached hydrogens (primary N) is 1. The summed E-state index contributed by atoms with van der Waals surface area (Å²) in [4.78, 5) is 5.55. The molecule has 22 heavy (non-hydrogen) atoms. The van der Waals surface area contributed by atoms with Gasteiger partial charge in [0.2, 0.25) is 10.0 Å². The fourth-order valence-electron chi connectivity index (χ4n) is 1.98. The normalized spacial score (nSPS) is 11.7. The molecule has 0 spiro atoms. The van der Waals surface area contributed by atoms with Crippen LogP contribution in [0.2, 0.25) is 0 Å². The molecule has 0 unspecified atom stereocenters. The Labute approximate surface area is 130 Å². The number of hydrogen-bond acceptors (Lipinski definition) is 7. The highest BCUT2D eigenvalue weighted by Gasteiger charge is 2.13. The van der Waals surface area contributed by atoms with Crippen molar-refractivity contribution >= 4 is 21.4 Å². The summed E-state index contributed by atoms with van der Waals surface area (Å²) in [6.07, 6.45) is 0.497. The van der Waals surface area contributed by atoms with Crippen LogP contribution in [0.1, 0.15) is 16.5 Å². The highest BCUT2D eigenvalue weighted by molar-refractivity contribution is 7.89. The molecule has 0 amide bonds. The number of thiazole rings is 1. The van der Waals surface area contributed by atoms with E-state index in [-0.39, 0.29) is 4.90 Å². The molecule has 0 saturated heterocycles. The third kappa shape index (κ3) is 3.03. The molecule has 10 heteroatoms. The van der Waals surface area contributed by atoms with Crippen molar-refractivity contribution in [3.05, 3.63) is 40.8 Å². The Kier molecular flexibility index (Phi) is 3.72. The van der Waals surface area contributed by atoms with E-state index in [9.17, 15) is 8.42 Å². The van der Waals surface area contributed by atoms with Crippen molar-refractivity contribution in [3.8, 4) is 10.4 Å². The van der Waals surface area contributed by atoms with Crippen LogP contribution < -0.4 is 5.14 Å². The Morgan fingerprint density at radius 1 is 1.27 bits per heavy atom. The zero-order chi connectivity index (χ0) is 15.7. The molecule has 2 aromatic heterocycles. The Morgan fingerprint density at radius 3 is 2.59 bits per heavy atom. The first-order valence-electron chi connectivity index (χ1n) is 6.25. The molecule has 3 rings (SSSR count). The predicted molar refractivity (Wildman–Crippen MR) is 80.6 cm³/mol. The lowest BCUT2D eigenvalue weighted by atomic mass is 10.2. The van der Waals surface area contributed by atoms with E-state index >= 15 is 0 Å². The van der Waals surface area contributed by atoms with Crippen LogP contribution in [0.5, 0.6) is 0 Å². The number of aryl methyl sites for hydroxylation is 1. The van der Waals surface area contributed by atoms with Gasteiger partial charge in [-0.15, -0.1) is 21.5 Å². The molecule has 0 atom stereocenters. The topological polar surface area (TPSA) is 128 Å². The van der Waals surface area contributed by atoms with Crippen LogP contribution in [-0.4, -0.2) is 34.0 Å². The second kappa shape index (κ2) is 5.55. The number of H-pyrrole nitrogens is 1. The number of hydrogen-bond donors (Lipinski definition) is 2. The van der Waals surface area contributed by atoms with E-state index in [0.717, 1.165) is 21.1 Å². The maximum atomic E-state index is 11.3. The van der Waals surface area contributed by atoms with Crippen LogP contribution in [0.15, 0.2) is 29.2 Å². The molecule has 0 radical (unpaired) electrons. The highest BCUT2D eigenvalue weighted by atomic mass is 32.2. The number of tetrazole rings is 1. The maximum absolute atomic E-state index is 11.3. The van der Waals surface area contributed by atoms with E-state index in [4.69, 9.17) is 5.14 Å². The van der Waals surface area contributed by atoms with Crippen LogP contribution in [0, 0.1) is 6.92 Å². The minimum atomic E-state index is -3.68. The van der Waals surface area contributed by atoms with Gasteiger partial charge in [0, 0.05) is 0 Å². The molecular weight excluding hydrogens is 324 g/mol. The fraction of sp³-hybridized carbons (Fsp3) is 0.167. The number of benzene rings is 1. The monoisotopic (exact) mass is 336 g/mol. The molecule has 0 bridgehead atoms. The summed E-state index contributed by atoms with van der Waals surface area (Å²) in [5.41, 5.74) is 1.76. The first-order valence-corrected chi connectivity index (χ1v) is 8.61. The molecule has 0 aliphatic carbocycles. The van der Waals surface area contributed by atoms with Crippen LogP contribution in [-0.2, 0) is 16.4 Å². The van der Waals surface area contributed by atoms with Gasteiger partial charge in [0.05, 0.1) is 21.9 Å². The SMILES string of the molecule is Cc1nc(Cc2nn[nH]n2)sc1-c1ccc(S(N)(=O)=O)cc1. The molecule has 3 N–H and O–H groups in total. The number of sulfonamides is 1. The zero-order valence-electron chi connectivity index (χ0n) is 11.5. The molecule has 0 aliphatic heterocycles. The van der Waals surface area contributed by atoms with Gasteiger partial charge in [-0.1, -0.05) is 17.3 Å². The van der Waals surface area contributed by atoms with E-state index in [1.807, 2.05) is 6.92 Å². The molecule has 0 aliphatic rings. The van der Waals surface area contributed by atoms with Crippen molar-refractivity contribution < 1.29 is 8.42 Å². The van der Waals surface area contributed by atoms with Gasteiger partial charge >= 0.3 is 0 Å². The third-order valence-electron chi connectivity index (χ3n) is 2.98. The van der Waals surface area contributed by atoms with Crippen molar-refractivity contribution in [2.24, 2.45) is 5.14 Å². The molecule has 8 nitrogen and oxygen atoms in total. The summed E-state index contributed by atoms with van der Waals surface area (Å²) >= 11 is 1.51. The van der Waals surface area contributed by atoms with Gasteiger partial charge in [-0.05, 0) is 24.6 Å². The number of nitrogens with one attached hydrogen (secondary N) is 1. The van der Waals surface area contributed by atoms with Crippen molar-refractivity contribution in [3.63, 3.8) is 0 Å². The van der Waals surface area contributed by atoms with E-state index in [1.165, 1.54) is 23.5 Å². The second-order valence-electron chi connectivity index (χ2n) is 4.60. The van der Waals surface area contributed by atoms with E-state index < -0.39 is 10.0 Å². The Bertz CT molecular complexity index is 884. The Balaban J connectivity index is 1.90. The fourth-order valence-corrected chi connectivity index (χ4v) is 3.57. The minimum absolute atomic E-state index is 0.0884. The average Bonchev–Trinajstić information content (AvgIpc) is 3.08. The number of primary sulfonamides is 1. The number of aromatic amines is 1. The van der Waals surface area contributed by atoms with E-state index in [0.29, 0.717) is 12.2 Å². The van der Waals surface area contributed by atoms with Gasteiger partial charge in [-0.2, -0.15) is 5.21 Å². The highest BCUT2D eigenvalue weighted by Crippen LogP contribution is 2.31. The Hall–Kier alpha value is -2.17. The second-order valence-corrected chi connectivity index (χ2v) is 7.24. The van der Waals surface area contributed by atoms with E-state index in [1.54, 1.807) is 12.1 Å². The molecule has 2 heterocycles. The maximum Gasteiger partial charge on any atom is 0.238 e. The van der Waals surface area contributed by atoms with Crippen LogP contribution in [0.3, 0.4) is 0 Å². The van der Waals surface area contributed by atoms with Gasteiger partial charge in [-0.25, -0.2) is 18.5 Å². The molecular formula is C12H12N6O2S2. The zero-order valence-corrected chi connectivity index (χ0v) is 13.1. The molecule has 3 aromatic rings. The lowest BCUT2D eigenvalue weighted by Crippen LogP contribution is -2.11. The lowest BCUT2D eigenvalue weighted by molar-refractivity contribution is 0.598. The van der Waals surface area contributed by atoms with Gasteiger partial charge in [0.15, 0.2) is 5.82 Å². The first-order chi connectivity index (χ1) is 10.4. The number of nitrogens with zero attached hydrogens (tertiary/aromatic N) is 4. The average molecular weight is 336 g/mol.